The van der Waals surface area contributed by atoms with Crippen molar-refractivity contribution in [3.63, 3.8) is 0 Å². The third-order valence-corrected chi connectivity index (χ3v) is 1.59. The molecule has 0 amide bonds. The summed E-state index contributed by atoms with van der Waals surface area (Å²) in [6.07, 6.45) is 0. The van der Waals surface area contributed by atoms with E-state index in [1.54, 1.807) is 0 Å². The molecule has 0 aliphatic carbocycles. The van der Waals surface area contributed by atoms with Crippen molar-refractivity contribution < 1.29 is 4.74 Å². The van der Waals surface area contributed by atoms with Crippen molar-refractivity contribution in [2.75, 3.05) is 18.5 Å². The van der Waals surface area contributed by atoms with Gasteiger partial charge in [-0.2, -0.15) is 0 Å². The number of para-hydroxylation sites is 1. The van der Waals surface area contributed by atoms with E-state index >= 15 is 0 Å². The Balaban J connectivity index is 2.37. The lowest BCUT2D eigenvalue weighted by molar-refractivity contribution is 0.323. The zero-order valence-electron chi connectivity index (χ0n) is 7.19. The van der Waals surface area contributed by atoms with Crippen molar-refractivity contribution in [2.24, 2.45) is 5.73 Å². The Morgan fingerprint density at radius 3 is 2.69 bits per heavy atom. The van der Waals surface area contributed by atoms with E-state index < -0.39 is 0 Å². The van der Waals surface area contributed by atoms with E-state index in [1.807, 2.05) is 30.3 Å². The van der Waals surface area contributed by atoms with Gasteiger partial charge in [0.05, 0.1) is 0 Å². The number of hydrogen-bond acceptors (Lipinski definition) is 3. The fourth-order valence-electron chi connectivity index (χ4n) is 0.827. The van der Waals surface area contributed by atoms with Crippen molar-refractivity contribution >= 4 is 23.1 Å². The lowest BCUT2D eigenvalue weighted by atomic mass is 10.3. The molecule has 1 rings (SSSR count). The molecular formula is C9H12N2OS. The fourth-order valence-corrected chi connectivity index (χ4v) is 1.03. The predicted molar refractivity (Wildman–Crippen MR) is 57.7 cm³/mol. The Morgan fingerprint density at radius 1 is 1.38 bits per heavy atom. The molecule has 3 nitrogen and oxygen atoms in total. The van der Waals surface area contributed by atoms with Gasteiger partial charge in [0.1, 0.15) is 6.61 Å². The van der Waals surface area contributed by atoms with Crippen molar-refractivity contribution in [3.05, 3.63) is 30.3 Å². The molecule has 0 saturated heterocycles. The van der Waals surface area contributed by atoms with E-state index in [4.69, 9.17) is 22.7 Å². The highest BCUT2D eigenvalue weighted by molar-refractivity contribution is 7.80. The normalized spacial score (nSPS) is 9.31. The first-order chi connectivity index (χ1) is 6.33. The Labute approximate surface area is 82.9 Å². The summed E-state index contributed by atoms with van der Waals surface area (Å²) in [5.74, 6) is 0. The average Bonchev–Trinajstić information content (AvgIpc) is 2.16. The van der Waals surface area contributed by atoms with Crippen LogP contribution in [0.15, 0.2) is 30.3 Å². The third-order valence-electron chi connectivity index (χ3n) is 1.37. The maximum absolute atomic E-state index is 5.26. The van der Waals surface area contributed by atoms with Gasteiger partial charge in [-0.15, -0.1) is 0 Å². The number of thiocarbonyl (C=S) groups is 1. The van der Waals surface area contributed by atoms with Gasteiger partial charge in [0.2, 0.25) is 0 Å². The lowest BCUT2D eigenvalue weighted by Crippen LogP contribution is -2.18. The van der Waals surface area contributed by atoms with Crippen LogP contribution in [-0.4, -0.2) is 18.3 Å². The number of anilines is 1. The van der Waals surface area contributed by atoms with Crippen molar-refractivity contribution in [3.8, 4) is 0 Å². The smallest absolute Gasteiger partial charge is 0.261 e. The molecular weight excluding hydrogens is 184 g/mol. The van der Waals surface area contributed by atoms with E-state index in [-0.39, 0.29) is 0 Å². The van der Waals surface area contributed by atoms with Crippen LogP contribution in [0.3, 0.4) is 0 Å². The molecule has 0 aliphatic heterocycles. The summed E-state index contributed by atoms with van der Waals surface area (Å²) in [6, 6.07) is 9.62. The number of nitrogens with two attached hydrogens (primary N) is 1. The molecule has 1 aromatic rings. The molecule has 0 aliphatic rings. The highest BCUT2D eigenvalue weighted by atomic mass is 32.1. The molecule has 0 spiro atoms. The quantitative estimate of drug-likeness (QED) is 0.717. The minimum absolute atomic E-state index is 0.358. The number of hydrogen-bond donors (Lipinski definition) is 2. The summed E-state index contributed by atoms with van der Waals surface area (Å²) in [5, 5.41) is 3.29. The second-order valence-electron chi connectivity index (χ2n) is 2.42. The van der Waals surface area contributed by atoms with Crippen molar-refractivity contribution in [1.82, 2.24) is 0 Å². The van der Waals surface area contributed by atoms with Gasteiger partial charge in [-0.3, -0.25) is 0 Å². The summed E-state index contributed by atoms with van der Waals surface area (Å²) >= 11 is 4.91. The van der Waals surface area contributed by atoms with E-state index in [9.17, 15) is 0 Å². The minimum Gasteiger partial charge on any atom is -0.469 e. The molecule has 0 saturated carbocycles. The summed E-state index contributed by atoms with van der Waals surface area (Å²) in [4.78, 5) is 0. The summed E-state index contributed by atoms with van der Waals surface area (Å²) in [5.41, 5.74) is 6.18. The van der Waals surface area contributed by atoms with Gasteiger partial charge in [-0.05, 0) is 24.4 Å². The van der Waals surface area contributed by atoms with Crippen LogP contribution >= 0.6 is 12.2 Å². The zero-order chi connectivity index (χ0) is 9.52. The molecule has 0 radical (unpaired) electrons. The van der Waals surface area contributed by atoms with E-state index in [0.29, 0.717) is 18.3 Å². The van der Waals surface area contributed by atoms with Crippen LogP contribution in [0.25, 0.3) is 0 Å². The Morgan fingerprint density at radius 2 is 2.08 bits per heavy atom. The van der Waals surface area contributed by atoms with E-state index in [2.05, 4.69) is 5.32 Å². The maximum atomic E-state index is 5.26. The minimum atomic E-state index is 0.358. The zero-order valence-corrected chi connectivity index (χ0v) is 8.01. The highest BCUT2D eigenvalue weighted by Crippen LogP contribution is 2.04. The van der Waals surface area contributed by atoms with Crippen LogP contribution in [0.4, 0.5) is 5.69 Å². The van der Waals surface area contributed by atoms with Crippen LogP contribution in [0.5, 0.6) is 0 Å². The maximum Gasteiger partial charge on any atom is 0.261 e. The largest absolute Gasteiger partial charge is 0.469 e. The predicted octanol–water partition coefficient (Wildman–Crippen LogP) is 1.36. The number of ether oxygens (including phenoxy) is 1. The molecule has 0 bridgehead atoms. The lowest BCUT2D eigenvalue weighted by Gasteiger charge is -2.07. The Kier molecular flexibility index (Phi) is 4.21. The second kappa shape index (κ2) is 5.50. The van der Waals surface area contributed by atoms with Crippen LogP contribution in [0, 0.1) is 0 Å². The molecule has 1 aromatic carbocycles. The topological polar surface area (TPSA) is 47.3 Å². The first kappa shape index (κ1) is 9.95. The van der Waals surface area contributed by atoms with Gasteiger partial charge in [-0.25, -0.2) is 0 Å². The molecule has 0 unspecified atom stereocenters. The summed E-state index contributed by atoms with van der Waals surface area (Å²) in [7, 11) is 0. The molecule has 0 atom stereocenters. The van der Waals surface area contributed by atoms with Crippen molar-refractivity contribution in [2.45, 2.75) is 0 Å². The monoisotopic (exact) mass is 196 g/mol. The molecule has 4 heteroatoms. The van der Waals surface area contributed by atoms with Crippen LogP contribution in [-0.2, 0) is 4.74 Å². The molecule has 0 heterocycles. The Bertz CT molecular complexity index is 264. The molecule has 0 aromatic heterocycles. The molecule has 13 heavy (non-hydrogen) atoms. The molecule has 0 fully saturated rings. The number of rotatable bonds is 3. The third kappa shape index (κ3) is 3.87. The number of nitrogens with one attached hydrogen (secondary N) is 1. The van der Waals surface area contributed by atoms with E-state index in [1.165, 1.54) is 0 Å². The van der Waals surface area contributed by atoms with Crippen LogP contribution in [0.2, 0.25) is 0 Å². The first-order valence-electron chi connectivity index (χ1n) is 4.02. The standard InChI is InChI=1S/C9H12N2OS/c10-6-7-12-9(13)11-8-4-2-1-3-5-8/h1-5H,6-7,10H2,(H,11,13). The van der Waals surface area contributed by atoms with Gasteiger partial charge < -0.3 is 15.8 Å². The van der Waals surface area contributed by atoms with E-state index in [0.717, 1.165) is 5.69 Å². The average molecular weight is 196 g/mol. The van der Waals surface area contributed by atoms with Crippen molar-refractivity contribution in [1.29, 1.82) is 0 Å². The summed E-state index contributed by atoms with van der Waals surface area (Å²) < 4.78 is 5.09. The summed E-state index contributed by atoms with van der Waals surface area (Å²) in [6.45, 7) is 0.912. The van der Waals surface area contributed by atoms with Gasteiger partial charge in [0.15, 0.2) is 0 Å². The first-order valence-corrected chi connectivity index (χ1v) is 4.42. The second-order valence-corrected chi connectivity index (χ2v) is 2.79. The van der Waals surface area contributed by atoms with Gasteiger partial charge >= 0.3 is 0 Å². The SMILES string of the molecule is NCCOC(=S)Nc1ccccc1. The highest BCUT2D eigenvalue weighted by Gasteiger charge is 1.95. The molecule has 3 N–H and O–H groups in total. The van der Waals surface area contributed by atoms with Gasteiger partial charge in [0, 0.05) is 12.2 Å². The van der Waals surface area contributed by atoms with Gasteiger partial charge in [-0.1, -0.05) is 18.2 Å². The molecule has 70 valence electrons. The Hall–Kier alpha value is -1.13. The number of benzene rings is 1. The fraction of sp³-hybridized carbons (Fsp3) is 0.222. The van der Waals surface area contributed by atoms with Crippen LogP contribution < -0.4 is 11.1 Å². The van der Waals surface area contributed by atoms with Crippen LogP contribution in [0.1, 0.15) is 0 Å². The van der Waals surface area contributed by atoms with Gasteiger partial charge in [0.25, 0.3) is 5.17 Å².